The SMILES string of the molecule is COCCCCNc1cccc(N)c1[N+](=O)[O-]. The lowest BCUT2D eigenvalue weighted by atomic mass is 10.2. The van der Waals surface area contributed by atoms with Crippen LogP contribution < -0.4 is 11.1 Å². The van der Waals surface area contributed by atoms with Crippen LogP contribution >= 0.6 is 0 Å². The first-order valence-electron chi connectivity index (χ1n) is 5.42. The van der Waals surface area contributed by atoms with Crippen LogP contribution in [-0.4, -0.2) is 25.2 Å². The molecule has 0 aliphatic heterocycles. The number of unbranched alkanes of at least 4 members (excludes halogenated alkanes) is 1. The zero-order valence-corrected chi connectivity index (χ0v) is 9.81. The first-order valence-corrected chi connectivity index (χ1v) is 5.42. The second kappa shape index (κ2) is 6.70. The number of benzene rings is 1. The van der Waals surface area contributed by atoms with E-state index in [4.69, 9.17) is 10.5 Å². The Morgan fingerprint density at radius 3 is 2.88 bits per heavy atom. The van der Waals surface area contributed by atoms with Crippen molar-refractivity contribution in [1.82, 2.24) is 0 Å². The lowest BCUT2D eigenvalue weighted by molar-refractivity contribution is -0.383. The molecule has 1 aromatic carbocycles. The van der Waals surface area contributed by atoms with Gasteiger partial charge in [-0.15, -0.1) is 0 Å². The number of nitrogens with two attached hydrogens (primary N) is 1. The number of hydrogen-bond donors (Lipinski definition) is 2. The van der Waals surface area contributed by atoms with Crippen LogP contribution in [0.5, 0.6) is 0 Å². The predicted molar refractivity (Wildman–Crippen MR) is 67.1 cm³/mol. The zero-order valence-electron chi connectivity index (χ0n) is 9.81. The van der Waals surface area contributed by atoms with Crippen molar-refractivity contribution < 1.29 is 9.66 Å². The highest BCUT2D eigenvalue weighted by Gasteiger charge is 2.16. The summed E-state index contributed by atoms with van der Waals surface area (Å²) in [6, 6.07) is 4.87. The highest BCUT2D eigenvalue weighted by Crippen LogP contribution is 2.30. The molecule has 0 saturated heterocycles. The van der Waals surface area contributed by atoms with E-state index in [-0.39, 0.29) is 11.4 Å². The second-order valence-corrected chi connectivity index (χ2v) is 3.63. The van der Waals surface area contributed by atoms with Gasteiger partial charge in [0, 0.05) is 20.3 Å². The predicted octanol–water partition coefficient (Wildman–Crippen LogP) is 2.02. The van der Waals surface area contributed by atoms with E-state index in [9.17, 15) is 10.1 Å². The average Bonchev–Trinajstić information content (AvgIpc) is 2.28. The Bertz CT molecular complexity index is 382. The summed E-state index contributed by atoms with van der Waals surface area (Å²) in [6.07, 6.45) is 1.80. The molecule has 0 amide bonds. The van der Waals surface area contributed by atoms with E-state index < -0.39 is 4.92 Å². The smallest absolute Gasteiger partial charge is 0.314 e. The minimum atomic E-state index is -0.465. The Labute approximate surface area is 99.9 Å². The number of ether oxygens (including phenoxy) is 1. The van der Waals surface area contributed by atoms with E-state index in [1.54, 1.807) is 19.2 Å². The summed E-state index contributed by atoms with van der Waals surface area (Å²) in [5.41, 5.74) is 6.16. The van der Waals surface area contributed by atoms with Gasteiger partial charge in [0.15, 0.2) is 0 Å². The van der Waals surface area contributed by atoms with Crippen molar-refractivity contribution in [2.24, 2.45) is 0 Å². The van der Waals surface area contributed by atoms with E-state index >= 15 is 0 Å². The number of nitrogen functional groups attached to an aromatic ring is 1. The lowest BCUT2D eigenvalue weighted by Gasteiger charge is -2.08. The fourth-order valence-electron chi connectivity index (χ4n) is 1.50. The lowest BCUT2D eigenvalue weighted by Crippen LogP contribution is -2.06. The summed E-state index contributed by atoms with van der Waals surface area (Å²) in [5, 5.41) is 13.9. The van der Waals surface area contributed by atoms with Crippen LogP contribution in [0.4, 0.5) is 17.1 Å². The fourth-order valence-corrected chi connectivity index (χ4v) is 1.50. The van der Waals surface area contributed by atoms with Crippen molar-refractivity contribution in [2.75, 3.05) is 31.3 Å². The maximum Gasteiger partial charge on any atom is 0.314 e. The van der Waals surface area contributed by atoms with Crippen molar-refractivity contribution >= 4 is 17.1 Å². The fraction of sp³-hybridized carbons (Fsp3) is 0.455. The van der Waals surface area contributed by atoms with Crippen LogP contribution in [0.3, 0.4) is 0 Å². The molecular weight excluding hydrogens is 222 g/mol. The van der Waals surface area contributed by atoms with Gasteiger partial charge in [0.1, 0.15) is 11.4 Å². The molecule has 0 aliphatic carbocycles. The largest absolute Gasteiger partial charge is 0.393 e. The molecule has 0 bridgehead atoms. The molecular formula is C11H17N3O3. The number of anilines is 2. The van der Waals surface area contributed by atoms with Crippen LogP contribution in [0, 0.1) is 10.1 Å². The van der Waals surface area contributed by atoms with Crippen LogP contribution in [-0.2, 0) is 4.74 Å². The Hall–Kier alpha value is -1.82. The number of methoxy groups -OCH3 is 1. The van der Waals surface area contributed by atoms with Gasteiger partial charge in [0.2, 0.25) is 0 Å². The molecule has 0 unspecified atom stereocenters. The molecule has 0 heterocycles. The van der Waals surface area contributed by atoms with Crippen molar-refractivity contribution in [2.45, 2.75) is 12.8 Å². The molecule has 3 N–H and O–H groups in total. The van der Waals surface area contributed by atoms with E-state index in [0.717, 1.165) is 12.8 Å². The standard InChI is InChI=1S/C11H17N3O3/c1-17-8-3-2-7-13-10-6-4-5-9(12)11(10)14(15)16/h4-6,13H,2-3,7-8,12H2,1H3. The van der Waals surface area contributed by atoms with Gasteiger partial charge in [0.05, 0.1) is 4.92 Å². The summed E-state index contributed by atoms with van der Waals surface area (Å²) < 4.78 is 4.92. The van der Waals surface area contributed by atoms with Crippen molar-refractivity contribution in [1.29, 1.82) is 0 Å². The van der Waals surface area contributed by atoms with Gasteiger partial charge in [-0.25, -0.2) is 0 Å². The number of rotatable bonds is 7. The molecule has 0 spiro atoms. The number of nitrogens with zero attached hydrogens (tertiary/aromatic N) is 1. The molecule has 0 fully saturated rings. The summed E-state index contributed by atoms with van der Waals surface area (Å²) in [7, 11) is 1.65. The molecule has 17 heavy (non-hydrogen) atoms. The van der Waals surface area contributed by atoms with E-state index in [1.165, 1.54) is 6.07 Å². The van der Waals surface area contributed by atoms with Gasteiger partial charge < -0.3 is 15.8 Å². The number of nitro benzene ring substituents is 1. The molecule has 0 atom stereocenters. The quantitative estimate of drug-likeness (QED) is 0.329. The van der Waals surface area contributed by atoms with Crippen LogP contribution in [0.25, 0.3) is 0 Å². The van der Waals surface area contributed by atoms with Gasteiger partial charge in [-0.1, -0.05) is 6.07 Å². The van der Waals surface area contributed by atoms with E-state index in [2.05, 4.69) is 5.32 Å². The first-order chi connectivity index (χ1) is 8.16. The number of hydrogen-bond acceptors (Lipinski definition) is 5. The Morgan fingerprint density at radius 2 is 2.24 bits per heavy atom. The number of nitro groups is 1. The maximum atomic E-state index is 10.8. The van der Waals surface area contributed by atoms with Gasteiger partial charge in [0.25, 0.3) is 0 Å². The molecule has 6 nitrogen and oxygen atoms in total. The van der Waals surface area contributed by atoms with Gasteiger partial charge in [-0.3, -0.25) is 10.1 Å². The highest BCUT2D eigenvalue weighted by molar-refractivity contribution is 5.74. The Morgan fingerprint density at radius 1 is 1.47 bits per heavy atom. The third-order valence-electron chi connectivity index (χ3n) is 2.34. The normalized spacial score (nSPS) is 10.2. The van der Waals surface area contributed by atoms with Gasteiger partial charge in [-0.2, -0.15) is 0 Å². The first kappa shape index (κ1) is 13.2. The van der Waals surface area contributed by atoms with Crippen LogP contribution in [0.2, 0.25) is 0 Å². The average molecular weight is 239 g/mol. The summed E-state index contributed by atoms with van der Waals surface area (Å²) >= 11 is 0. The molecule has 0 radical (unpaired) electrons. The monoisotopic (exact) mass is 239 g/mol. The van der Waals surface area contributed by atoms with Gasteiger partial charge in [-0.05, 0) is 25.0 Å². The minimum absolute atomic E-state index is 0.0563. The van der Waals surface area contributed by atoms with E-state index in [1.807, 2.05) is 0 Å². The Kier molecular flexibility index (Phi) is 5.22. The van der Waals surface area contributed by atoms with E-state index in [0.29, 0.717) is 18.8 Å². The third-order valence-corrected chi connectivity index (χ3v) is 2.34. The zero-order chi connectivity index (χ0) is 12.7. The van der Waals surface area contributed by atoms with Crippen LogP contribution in [0.15, 0.2) is 18.2 Å². The highest BCUT2D eigenvalue weighted by atomic mass is 16.6. The number of nitrogens with one attached hydrogen (secondary N) is 1. The molecule has 1 aromatic rings. The van der Waals surface area contributed by atoms with Crippen molar-refractivity contribution in [3.8, 4) is 0 Å². The topological polar surface area (TPSA) is 90.4 Å². The van der Waals surface area contributed by atoms with Gasteiger partial charge >= 0.3 is 5.69 Å². The summed E-state index contributed by atoms with van der Waals surface area (Å²) in [6.45, 7) is 1.36. The van der Waals surface area contributed by atoms with Crippen molar-refractivity contribution in [3.05, 3.63) is 28.3 Å². The maximum absolute atomic E-state index is 10.8. The van der Waals surface area contributed by atoms with Crippen molar-refractivity contribution in [3.63, 3.8) is 0 Å². The summed E-state index contributed by atoms with van der Waals surface area (Å²) in [5.74, 6) is 0. The second-order valence-electron chi connectivity index (χ2n) is 3.63. The molecule has 1 rings (SSSR count). The minimum Gasteiger partial charge on any atom is -0.393 e. The number of para-hydroxylation sites is 1. The molecule has 94 valence electrons. The molecule has 0 saturated carbocycles. The molecule has 6 heteroatoms. The molecule has 0 aliphatic rings. The van der Waals surface area contributed by atoms with Crippen LogP contribution in [0.1, 0.15) is 12.8 Å². The summed E-state index contributed by atoms with van der Waals surface area (Å²) in [4.78, 5) is 10.4. The Balaban J connectivity index is 2.58. The molecule has 0 aromatic heterocycles. The third kappa shape index (κ3) is 3.92.